The minimum Gasteiger partial charge on any atom is -0.322 e. The van der Waals surface area contributed by atoms with Crippen molar-refractivity contribution >= 4 is 45.1 Å². The van der Waals surface area contributed by atoms with E-state index in [1.807, 2.05) is 4.72 Å². The molecular weight excluding hydrogens is 420 g/mol. The highest BCUT2D eigenvalue weighted by Gasteiger charge is 2.28. The summed E-state index contributed by atoms with van der Waals surface area (Å²) in [5.41, 5.74) is -4.04. The number of thioether (sulfide) groups is 1. The molecule has 2 N–H and O–H groups in total. The van der Waals surface area contributed by atoms with Crippen molar-refractivity contribution in [1.29, 1.82) is 0 Å². The second-order valence-corrected chi connectivity index (χ2v) is 8.40. The average molecular weight is 434 g/mol. The Morgan fingerprint density at radius 2 is 1.75 bits per heavy atom. The van der Waals surface area contributed by atoms with Crippen molar-refractivity contribution in [2.45, 2.75) is 10.4 Å². The quantitative estimate of drug-likeness (QED) is 0.400. The number of hydrogen-bond donors (Lipinski definition) is 2. The molecule has 0 aromatic heterocycles. The molecule has 0 unspecified atom stereocenters. The molecule has 0 spiro atoms. The zero-order chi connectivity index (χ0) is 20.9. The fourth-order valence-electron chi connectivity index (χ4n) is 2.02. The SMILES string of the molecule is CS(=O)(=O)Nc1cc(NC(=O)/C=C/c2ccc(SC(F)(F)F)cc2)ccc1F. The van der Waals surface area contributed by atoms with Gasteiger partial charge in [-0.05, 0) is 53.7 Å². The highest BCUT2D eigenvalue weighted by Crippen LogP contribution is 2.36. The molecule has 0 atom stereocenters. The first-order valence-electron chi connectivity index (χ1n) is 7.53. The van der Waals surface area contributed by atoms with E-state index in [2.05, 4.69) is 5.32 Å². The third kappa shape index (κ3) is 7.61. The lowest BCUT2D eigenvalue weighted by molar-refractivity contribution is -0.111. The average Bonchev–Trinajstić information content (AvgIpc) is 2.55. The Labute approximate surface area is 162 Å². The number of carbonyl (C=O) groups excluding carboxylic acids is 1. The van der Waals surface area contributed by atoms with Crippen LogP contribution in [-0.4, -0.2) is 26.1 Å². The number of carbonyl (C=O) groups is 1. The van der Waals surface area contributed by atoms with Gasteiger partial charge < -0.3 is 5.32 Å². The minimum atomic E-state index is -4.38. The second kappa shape index (κ2) is 8.65. The lowest BCUT2D eigenvalue weighted by Crippen LogP contribution is -2.12. The first-order valence-corrected chi connectivity index (χ1v) is 10.2. The van der Waals surface area contributed by atoms with E-state index in [4.69, 9.17) is 0 Å². The van der Waals surface area contributed by atoms with Gasteiger partial charge in [-0.2, -0.15) is 13.2 Å². The van der Waals surface area contributed by atoms with Gasteiger partial charge in [0.1, 0.15) is 5.82 Å². The van der Waals surface area contributed by atoms with Crippen LogP contribution in [0.4, 0.5) is 28.9 Å². The molecule has 0 saturated heterocycles. The second-order valence-electron chi connectivity index (χ2n) is 5.51. The maximum Gasteiger partial charge on any atom is 0.446 e. The van der Waals surface area contributed by atoms with Crippen LogP contribution < -0.4 is 10.0 Å². The van der Waals surface area contributed by atoms with Crippen molar-refractivity contribution in [3.05, 3.63) is 59.9 Å². The summed E-state index contributed by atoms with van der Waals surface area (Å²) in [5, 5.41) is 2.43. The maximum atomic E-state index is 13.6. The zero-order valence-electron chi connectivity index (χ0n) is 14.2. The van der Waals surface area contributed by atoms with Gasteiger partial charge in [0.05, 0.1) is 11.9 Å². The fourth-order valence-corrected chi connectivity index (χ4v) is 3.11. The molecule has 0 aliphatic rings. The Kier molecular flexibility index (Phi) is 6.73. The third-order valence-electron chi connectivity index (χ3n) is 3.07. The summed E-state index contributed by atoms with van der Waals surface area (Å²) in [6, 6.07) is 8.75. The zero-order valence-corrected chi connectivity index (χ0v) is 15.9. The summed E-state index contributed by atoms with van der Waals surface area (Å²) >= 11 is -0.241. The van der Waals surface area contributed by atoms with Crippen molar-refractivity contribution in [1.82, 2.24) is 0 Å². The summed E-state index contributed by atoms with van der Waals surface area (Å²) in [4.78, 5) is 12.0. The molecule has 1 amide bonds. The molecule has 0 fully saturated rings. The van der Waals surface area contributed by atoms with Gasteiger partial charge in [0.2, 0.25) is 15.9 Å². The Balaban J connectivity index is 2.03. The van der Waals surface area contributed by atoms with E-state index in [-0.39, 0.29) is 28.0 Å². The number of benzene rings is 2. The number of halogens is 4. The minimum absolute atomic E-state index is 0.0197. The van der Waals surface area contributed by atoms with Gasteiger partial charge in [-0.25, -0.2) is 12.8 Å². The molecule has 0 heterocycles. The van der Waals surface area contributed by atoms with E-state index >= 15 is 0 Å². The topological polar surface area (TPSA) is 75.3 Å². The first kappa shape index (κ1) is 21.8. The molecule has 2 aromatic carbocycles. The molecule has 2 aromatic rings. The lowest BCUT2D eigenvalue weighted by Gasteiger charge is -2.08. The van der Waals surface area contributed by atoms with Crippen LogP contribution in [0.5, 0.6) is 0 Å². The van der Waals surface area contributed by atoms with Gasteiger partial charge in [-0.1, -0.05) is 12.1 Å². The molecule has 0 aliphatic carbocycles. The fraction of sp³-hybridized carbons (Fsp3) is 0.118. The van der Waals surface area contributed by atoms with Gasteiger partial charge in [0, 0.05) is 16.7 Å². The van der Waals surface area contributed by atoms with Crippen LogP contribution in [0.3, 0.4) is 0 Å². The van der Waals surface area contributed by atoms with E-state index in [1.54, 1.807) is 0 Å². The molecule has 0 radical (unpaired) electrons. The van der Waals surface area contributed by atoms with Crippen LogP contribution in [0.25, 0.3) is 6.08 Å². The Bertz CT molecular complexity index is 988. The Morgan fingerprint density at radius 3 is 2.32 bits per heavy atom. The van der Waals surface area contributed by atoms with Gasteiger partial charge in [-0.3, -0.25) is 9.52 Å². The van der Waals surface area contributed by atoms with Crippen LogP contribution in [0, 0.1) is 5.82 Å². The van der Waals surface area contributed by atoms with Crippen molar-refractivity contribution in [3.63, 3.8) is 0 Å². The Morgan fingerprint density at radius 1 is 1.11 bits per heavy atom. The molecule has 11 heteroatoms. The van der Waals surface area contributed by atoms with E-state index in [0.29, 0.717) is 5.56 Å². The number of hydrogen-bond acceptors (Lipinski definition) is 4. The highest BCUT2D eigenvalue weighted by molar-refractivity contribution is 8.00. The van der Waals surface area contributed by atoms with Gasteiger partial charge >= 0.3 is 5.51 Å². The normalized spacial score (nSPS) is 12.2. The number of alkyl halides is 3. The number of sulfonamides is 1. The summed E-state index contributed by atoms with van der Waals surface area (Å²) in [5.74, 6) is -1.40. The van der Waals surface area contributed by atoms with Gasteiger partial charge in [-0.15, -0.1) is 0 Å². The summed E-state index contributed by atoms with van der Waals surface area (Å²) in [6.07, 6.45) is 3.38. The highest BCUT2D eigenvalue weighted by atomic mass is 32.2. The van der Waals surface area contributed by atoms with Crippen LogP contribution in [-0.2, 0) is 14.8 Å². The molecule has 0 bridgehead atoms. The Hall–Kier alpha value is -2.53. The number of rotatable bonds is 6. The number of anilines is 2. The monoisotopic (exact) mass is 434 g/mol. The van der Waals surface area contributed by atoms with Crippen LogP contribution in [0.2, 0.25) is 0 Å². The molecule has 2 rings (SSSR count). The largest absolute Gasteiger partial charge is 0.446 e. The number of amides is 1. The van der Waals surface area contributed by atoms with Crippen molar-refractivity contribution in [3.8, 4) is 0 Å². The molecule has 150 valence electrons. The van der Waals surface area contributed by atoms with E-state index in [9.17, 15) is 30.8 Å². The molecule has 28 heavy (non-hydrogen) atoms. The van der Waals surface area contributed by atoms with E-state index in [0.717, 1.165) is 24.5 Å². The van der Waals surface area contributed by atoms with Crippen LogP contribution in [0.15, 0.2) is 53.4 Å². The lowest BCUT2D eigenvalue weighted by atomic mass is 10.2. The molecule has 0 aliphatic heterocycles. The van der Waals surface area contributed by atoms with Crippen LogP contribution in [0.1, 0.15) is 5.56 Å². The summed E-state index contributed by atoms with van der Waals surface area (Å²) in [6.45, 7) is 0. The third-order valence-corrected chi connectivity index (χ3v) is 4.40. The maximum absolute atomic E-state index is 13.6. The molecular formula is C17H14F4N2O3S2. The predicted molar refractivity (Wildman–Crippen MR) is 101 cm³/mol. The van der Waals surface area contributed by atoms with Gasteiger partial charge in [0.15, 0.2) is 0 Å². The summed E-state index contributed by atoms with van der Waals surface area (Å²) < 4.78 is 74.9. The predicted octanol–water partition coefficient (Wildman–Crippen LogP) is 4.46. The van der Waals surface area contributed by atoms with Crippen molar-refractivity contribution in [2.75, 3.05) is 16.3 Å². The van der Waals surface area contributed by atoms with E-state index < -0.39 is 27.3 Å². The number of nitrogens with one attached hydrogen (secondary N) is 2. The smallest absolute Gasteiger partial charge is 0.322 e. The first-order chi connectivity index (χ1) is 12.9. The molecule has 0 saturated carbocycles. The molecule has 5 nitrogen and oxygen atoms in total. The van der Waals surface area contributed by atoms with Crippen molar-refractivity contribution in [2.24, 2.45) is 0 Å². The van der Waals surface area contributed by atoms with Crippen LogP contribution >= 0.6 is 11.8 Å². The van der Waals surface area contributed by atoms with E-state index in [1.165, 1.54) is 36.4 Å². The van der Waals surface area contributed by atoms with Crippen molar-refractivity contribution < 1.29 is 30.8 Å². The summed E-state index contributed by atoms with van der Waals surface area (Å²) in [7, 11) is -3.70. The van der Waals surface area contributed by atoms with Gasteiger partial charge in [0.25, 0.3) is 0 Å². The standard InChI is InChI=1S/C17H14F4N2O3S2/c1-28(25,26)23-15-10-12(5-8-14(15)18)22-16(24)9-4-11-2-6-13(7-3-11)27-17(19,20)21/h2-10,23H,1H3,(H,22,24)/b9-4+.